The summed E-state index contributed by atoms with van der Waals surface area (Å²) in [5, 5.41) is 9.57. The second-order valence-corrected chi connectivity index (χ2v) is 7.61. The van der Waals surface area contributed by atoms with Gasteiger partial charge < -0.3 is 16.6 Å². The van der Waals surface area contributed by atoms with Crippen LogP contribution < -0.4 is 11.5 Å². The number of aromatic carboxylic acids is 1. The summed E-state index contributed by atoms with van der Waals surface area (Å²) in [6, 6.07) is 29.2. The van der Waals surface area contributed by atoms with Gasteiger partial charge in [-0.1, -0.05) is 54.6 Å². The number of benzene rings is 4. The molecular formula is C26H20N2O2. The van der Waals surface area contributed by atoms with Crippen LogP contribution in [0, 0.1) is 0 Å². The maximum Gasteiger partial charge on any atom is 0.335 e. The van der Waals surface area contributed by atoms with Crippen molar-refractivity contribution in [2.75, 3.05) is 11.5 Å². The van der Waals surface area contributed by atoms with Gasteiger partial charge in [0.05, 0.1) is 11.0 Å². The number of hydrogen-bond donors (Lipinski definition) is 3. The SMILES string of the molecule is Nc1cccc(C2(c3cccc(N)c3)c3ccccc3-c3cc(C(=O)O)ccc32)c1. The largest absolute Gasteiger partial charge is 0.478 e. The van der Waals surface area contributed by atoms with E-state index >= 15 is 0 Å². The molecule has 0 amide bonds. The molecule has 0 bridgehead atoms. The molecule has 5 rings (SSSR count). The average molecular weight is 392 g/mol. The Morgan fingerprint density at radius 2 is 1.27 bits per heavy atom. The number of nitrogen functional groups attached to an aromatic ring is 2. The van der Waals surface area contributed by atoms with Crippen molar-refractivity contribution >= 4 is 17.3 Å². The van der Waals surface area contributed by atoms with Gasteiger partial charge >= 0.3 is 5.97 Å². The topological polar surface area (TPSA) is 89.3 Å². The zero-order chi connectivity index (χ0) is 20.9. The molecule has 0 fully saturated rings. The van der Waals surface area contributed by atoms with E-state index in [2.05, 4.69) is 18.2 Å². The molecule has 0 aromatic heterocycles. The maximum absolute atomic E-state index is 11.7. The van der Waals surface area contributed by atoms with Crippen LogP contribution >= 0.6 is 0 Å². The average Bonchev–Trinajstić information content (AvgIpc) is 3.04. The first kappa shape index (κ1) is 18.0. The van der Waals surface area contributed by atoms with E-state index < -0.39 is 11.4 Å². The molecule has 0 radical (unpaired) electrons. The third-order valence-electron chi connectivity index (χ3n) is 5.93. The number of rotatable bonds is 3. The minimum Gasteiger partial charge on any atom is -0.478 e. The lowest BCUT2D eigenvalue weighted by atomic mass is 9.67. The van der Waals surface area contributed by atoms with E-state index in [0.29, 0.717) is 11.4 Å². The number of nitrogens with two attached hydrogens (primary N) is 2. The molecule has 146 valence electrons. The number of anilines is 2. The third kappa shape index (κ3) is 2.44. The summed E-state index contributed by atoms with van der Waals surface area (Å²) in [7, 11) is 0. The first-order chi connectivity index (χ1) is 14.5. The van der Waals surface area contributed by atoms with Crippen molar-refractivity contribution in [2.24, 2.45) is 0 Å². The molecule has 4 aromatic carbocycles. The number of carboxylic acids is 1. The summed E-state index contributed by atoms with van der Waals surface area (Å²) in [4.78, 5) is 11.7. The first-order valence-electron chi connectivity index (χ1n) is 9.71. The molecule has 0 saturated carbocycles. The number of carbonyl (C=O) groups is 1. The van der Waals surface area contributed by atoms with Crippen LogP contribution in [0.1, 0.15) is 32.6 Å². The molecule has 1 aliphatic rings. The summed E-state index contributed by atoms with van der Waals surface area (Å²) in [5.41, 5.74) is 19.4. The molecule has 5 N–H and O–H groups in total. The molecule has 4 nitrogen and oxygen atoms in total. The summed E-state index contributed by atoms with van der Waals surface area (Å²) in [6.45, 7) is 0. The van der Waals surface area contributed by atoms with E-state index in [1.54, 1.807) is 12.1 Å². The van der Waals surface area contributed by atoms with Gasteiger partial charge in [0.1, 0.15) is 0 Å². The minimum absolute atomic E-state index is 0.263. The molecule has 4 heteroatoms. The van der Waals surface area contributed by atoms with E-state index in [1.807, 2.05) is 60.7 Å². The summed E-state index contributed by atoms with van der Waals surface area (Å²) >= 11 is 0. The molecule has 0 spiro atoms. The first-order valence-corrected chi connectivity index (χ1v) is 9.71. The Hall–Kier alpha value is -4.05. The van der Waals surface area contributed by atoms with Crippen molar-refractivity contribution in [3.05, 3.63) is 119 Å². The number of hydrogen-bond acceptors (Lipinski definition) is 3. The highest BCUT2D eigenvalue weighted by molar-refractivity contribution is 5.94. The van der Waals surface area contributed by atoms with Gasteiger partial charge in [0.15, 0.2) is 0 Å². The van der Waals surface area contributed by atoms with Crippen molar-refractivity contribution in [1.29, 1.82) is 0 Å². The van der Waals surface area contributed by atoms with Gasteiger partial charge in [-0.15, -0.1) is 0 Å². The predicted octanol–water partition coefficient (Wildman–Crippen LogP) is 4.91. The van der Waals surface area contributed by atoms with Crippen LogP contribution in [0.5, 0.6) is 0 Å². The Labute approximate surface area is 174 Å². The predicted molar refractivity (Wildman–Crippen MR) is 120 cm³/mol. The Balaban J connectivity index is 1.96. The van der Waals surface area contributed by atoms with Crippen LogP contribution in [0.15, 0.2) is 91.0 Å². The second-order valence-electron chi connectivity index (χ2n) is 7.61. The van der Waals surface area contributed by atoms with Crippen molar-refractivity contribution in [2.45, 2.75) is 5.41 Å². The van der Waals surface area contributed by atoms with Crippen LogP contribution in [0.2, 0.25) is 0 Å². The Kier molecular flexibility index (Phi) is 3.90. The van der Waals surface area contributed by atoms with E-state index in [0.717, 1.165) is 33.4 Å². The van der Waals surface area contributed by atoms with E-state index in [-0.39, 0.29) is 5.56 Å². The van der Waals surface area contributed by atoms with Crippen LogP contribution in [0.4, 0.5) is 11.4 Å². The Morgan fingerprint density at radius 3 is 1.87 bits per heavy atom. The van der Waals surface area contributed by atoms with Crippen LogP contribution in [0.3, 0.4) is 0 Å². The van der Waals surface area contributed by atoms with Crippen molar-refractivity contribution in [3.63, 3.8) is 0 Å². The molecule has 1 aliphatic carbocycles. The van der Waals surface area contributed by atoms with Crippen molar-refractivity contribution in [3.8, 4) is 11.1 Å². The normalized spacial score (nSPS) is 13.5. The number of fused-ring (bicyclic) bond motifs is 3. The van der Waals surface area contributed by atoms with Gasteiger partial charge in [-0.2, -0.15) is 0 Å². The standard InChI is InChI=1S/C26H20N2O2/c27-19-7-3-5-17(14-19)26(18-6-4-8-20(28)15-18)23-10-2-1-9-21(23)22-13-16(25(29)30)11-12-24(22)26/h1-15H,27-28H2,(H,29,30). The van der Waals surface area contributed by atoms with Gasteiger partial charge in [0.25, 0.3) is 0 Å². The molecule has 0 atom stereocenters. The molecule has 0 unspecified atom stereocenters. The van der Waals surface area contributed by atoms with E-state index in [4.69, 9.17) is 11.5 Å². The highest BCUT2D eigenvalue weighted by Crippen LogP contribution is 2.56. The smallest absolute Gasteiger partial charge is 0.335 e. The van der Waals surface area contributed by atoms with Gasteiger partial charge in [0.2, 0.25) is 0 Å². The van der Waals surface area contributed by atoms with Crippen LogP contribution in [0.25, 0.3) is 11.1 Å². The quantitative estimate of drug-likeness (QED) is 0.381. The second kappa shape index (κ2) is 6.49. The molecule has 0 saturated heterocycles. The zero-order valence-corrected chi connectivity index (χ0v) is 16.2. The maximum atomic E-state index is 11.7. The lowest BCUT2D eigenvalue weighted by molar-refractivity contribution is 0.0697. The fourth-order valence-corrected chi connectivity index (χ4v) is 4.75. The lowest BCUT2D eigenvalue weighted by Gasteiger charge is -2.34. The monoisotopic (exact) mass is 392 g/mol. The molecule has 30 heavy (non-hydrogen) atoms. The number of carboxylic acid groups (broad SMARTS) is 1. The third-order valence-corrected chi connectivity index (χ3v) is 5.93. The van der Waals surface area contributed by atoms with Crippen LogP contribution in [-0.4, -0.2) is 11.1 Å². The Morgan fingerprint density at radius 1 is 0.667 bits per heavy atom. The zero-order valence-electron chi connectivity index (χ0n) is 16.2. The van der Waals surface area contributed by atoms with Crippen molar-refractivity contribution < 1.29 is 9.90 Å². The van der Waals surface area contributed by atoms with E-state index in [9.17, 15) is 9.90 Å². The summed E-state index contributed by atoms with van der Waals surface area (Å²) < 4.78 is 0. The fraction of sp³-hybridized carbons (Fsp3) is 0.0385. The van der Waals surface area contributed by atoms with Crippen LogP contribution in [-0.2, 0) is 5.41 Å². The highest BCUT2D eigenvalue weighted by Gasteiger charge is 2.46. The van der Waals surface area contributed by atoms with E-state index in [1.165, 1.54) is 0 Å². The lowest BCUT2D eigenvalue weighted by Crippen LogP contribution is -2.28. The molecule has 0 aliphatic heterocycles. The minimum atomic E-state index is -0.944. The summed E-state index contributed by atoms with van der Waals surface area (Å²) in [6.07, 6.45) is 0. The summed E-state index contributed by atoms with van der Waals surface area (Å²) in [5.74, 6) is -0.944. The fourth-order valence-electron chi connectivity index (χ4n) is 4.75. The van der Waals surface area contributed by atoms with Gasteiger partial charge in [-0.25, -0.2) is 4.79 Å². The molecule has 0 heterocycles. The van der Waals surface area contributed by atoms with Gasteiger partial charge in [-0.3, -0.25) is 0 Å². The Bertz CT molecular complexity index is 1260. The highest BCUT2D eigenvalue weighted by atomic mass is 16.4. The van der Waals surface area contributed by atoms with Gasteiger partial charge in [-0.05, 0) is 69.8 Å². The molecule has 4 aromatic rings. The van der Waals surface area contributed by atoms with Gasteiger partial charge in [0, 0.05) is 11.4 Å². The molecular weight excluding hydrogens is 372 g/mol. The van der Waals surface area contributed by atoms with Crippen molar-refractivity contribution in [1.82, 2.24) is 0 Å².